The monoisotopic (exact) mass is 267 g/mol. The SMILES string of the molecule is COc1ccc(Cc2c[nH]c3ccccc23)cc1OC. The molecule has 0 saturated carbocycles. The maximum Gasteiger partial charge on any atom is 0.160 e. The highest BCUT2D eigenvalue weighted by atomic mass is 16.5. The van der Waals surface area contributed by atoms with Gasteiger partial charge in [0.1, 0.15) is 0 Å². The number of rotatable bonds is 4. The number of para-hydroxylation sites is 1. The van der Waals surface area contributed by atoms with E-state index < -0.39 is 0 Å². The van der Waals surface area contributed by atoms with Gasteiger partial charge in [0.05, 0.1) is 14.2 Å². The van der Waals surface area contributed by atoms with Crippen molar-refractivity contribution in [2.45, 2.75) is 6.42 Å². The Morgan fingerprint density at radius 1 is 0.950 bits per heavy atom. The van der Waals surface area contributed by atoms with Gasteiger partial charge in [0, 0.05) is 17.1 Å². The van der Waals surface area contributed by atoms with Crippen molar-refractivity contribution in [3.8, 4) is 11.5 Å². The lowest BCUT2D eigenvalue weighted by Crippen LogP contribution is -1.93. The van der Waals surface area contributed by atoms with Crippen LogP contribution in [0, 0.1) is 0 Å². The standard InChI is InChI=1S/C17H17NO2/c1-19-16-8-7-12(10-17(16)20-2)9-13-11-18-15-6-4-3-5-14(13)15/h3-8,10-11,18H,9H2,1-2H3. The Morgan fingerprint density at radius 3 is 2.55 bits per heavy atom. The molecule has 2 aromatic carbocycles. The van der Waals surface area contributed by atoms with Crippen molar-refractivity contribution in [2.24, 2.45) is 0 Å². The maximum absolute atomic E-state index is 5.35. The average molecular weight is 267 g/mol. The van der Waals surface area contributed by atoms with Gasteiger partial charge in [0.25, 0.3) is 0 Å². The van der Waals surface area contributed by atoms with E-state index in [0.717, 1.165) is 17.9 Å². The molecule has 0 unspecified atom stereocenters. The molecule has 0 spiro atoms. The molecule has 3 heteroatoms. The second kappa shape index (κ2) is 5.29. The molecule has 0 fully saturated rings. The minimum absolute atomic E-state index is 0.759. The van der Waals surface area contributed by atoms with E-state index in [1.54, 1.807) is 14.2 Å². The molecule has 3 nitrogen and oxygen atoms in total. The topological polar surface area (TPSA) is 34.2 Å². The van der Waals surface area contributed by atoms with E-state index in [-0.39, 0.29) is 0 Å². The normalized spacial score (nSPS) is 10.7. The molecule has 102 valence electrons. The van der Waals surface area contributed by atoms with Gasteiger partial charge in [-0.15, -0.1) is 0 Å². The van der Waals surface area contributed by atoms with Crippen LogP contribution in [0.2, 0.25) is 0 Å². The van der Waals surface area contributed by atoms with Crippen molar-refractivity contribution in [1.82, 2.24) is 4.98 Å². The Bertz CT molecular complexity index is 731. The van der Waals surface area contributed by atoms with Gasteiger partial charge in [0.15, 0.2) is 11.5 Å². The first-order valence-corrected chi connectivity index (χ1v) is 6.57. The summed E-state index contributed by atoms with van der Waals surface area (Å²) < 4.78 is 10.6. The van der Waals surface area contributed by atoms with Crippen molar-refractivity contribution < 1.29 is 9.47 Å². The third-order valence-corrected chi connectivity index (χ3v) is 3.52. The van der Waals surface area contributed by atoms with Crippen LogP contribution in [0.15, 0.2) is 48.7 Å². The molecule has 0 radical (unpaired) electrons. The second-order valence-electron chi connectivity index (χ2n) is 4.73. The summed E-state index contributed by atoms with van der Waals surface area (Å²) in [6.45, 7) is 0. The Balaban J connectivity index is 1.95. The largest absolute Gasteiger partial charge is 0.493 e. The summed E-state index contributed by atoms with van der Waals surface area (Å²) >= 11 is 0. The Hall–Kier alpha value is -2.42. The van der Waals surface area contributed by atoms with Gasteiger partial charge in [0.2, 0.25) is 0 Å². The Kier molecular flexibility index (Phi) is 3.33. The summed E-state index contributed by atoms with van der Waals surface area (Å²) in [5, 5.41) is 1.27. The molecule has 0 aliphatic rings. The molecule has 0 bridgehead atoms. The third kappa shape index (κ3) is 2.23. The van der Waals surface area contributed by atoms with Crippen molar-refractivity contribution in [3.05, 3.63) is 59.8 Å². The van der Waals surface area contributed by atoms with Crippen LogP contribution in [0.25, 0.3) is 10.9 Å². The molecular weight excluding hydrogens is 250 g/mol. The lowest BCUT2D eigenvalue weighted by molar-refractivity contribution is 0.354. The molecule has 1 N–H and O–H groups in total. The number of benzene rings is 2. The first-order valence-electron chi connectivity index (χ1n) is 6.57. The summed E-state index contributed by atoms with van der Waals surface area (Å²) in [7, 11) is 3.31. The van der Waals surface area contributed by atoms with Gasteiger partial charge in [-0.3, -0.25) is 0 Å². The summed E-state index contributed by atoms with van der Waals surface area (Å²) in [4.78, 5) is 3.30. The highest BCUT2D eigenvalue weighted by molar-refractivity contribution is 5.83. The number of methoxy groups -OCH3 is 2. The summed E-state index contributed by atoms with van der Waals surface area (Å²) in [5.74, 6) is 1.53. The van der Waals surface area contributed by atoms with E-state index >= 15 is 0 Å². The van der Waals surface area contributed by atoms with E-state index in [1.807, 2.05) is 18.2 Å². The molecule has 0 aliphatic carbocycles. The van der Waals surface area contributed by atoms with Gasteiger partial charge in [-0.25, -0.2) is 0 Å². The fourth-order valence-corrected chi connectivity index (χ4v) is 2.49. The van der Waals surface area contributed by atoms with Crippen LogP contribution in [0.4, 0.5) is 0 Å². The van der Waals surface area contributed by atoms with Crippen molar-refractivity contribution in [3.63, 3.8) is 0 Å². The first kappa shape index (κ1) is 12.6. The van der Waals surface area contributed by atoms with Crippen LogP contribution in [0.5, 0.6) is 11.5 Å². The Morgan fingerprint density at radius 2 is 1.75 bits per heavy atom. The van der Waals surface area contributed by atoms with Crippen LogP contribution in [0.3, 0.4) is 0 Å². The van der Waals surface area contributed by atoms with Crippen molar-refractivity contribution in [2.75, 3.05) is 14.2 Å². The minimum atomic E-state index is 0.759. The maximum atomic E-state index is 5.35. The molecule has 20 heavy (non-hydrogen) atoms. The molecule has 3 rings (SSSR count). The molecule has 3 aromatic rings. The minimum Gasteiger partial charge on any atom is -0.493 e. The van der Waals surface area contributed by atoms with E-state index in [2.05, 4.69) is 35.4 Å². The fourth-order valence-electron chi connectivity index (χ4n) is 2.49. The van der Waals surface area contributed by atoms with Crippen molar-refractivity contribution in [1.29, 1.82) is 0 Å². The smallest absolute Gasteiger partial charge is 0.160 e. The van der Waals surface area contributed by atoms with E-state index in [9.17, 15) is 0 Å². The molecule has 0 atom stereocenters. The molecule has 1 aromatic heterocycles. The zero-order valence-electron chi connectivity index (χ0n) is 11.6. The number of ether oxygens (including phenoxy) is 2. The first-order chi connectivity index (χ1) is 9.81. The van der Waals surface area contributed by atoms with Crippen LogP contribution >= 0.6 is 0 Å². The van der Waals surface area contributed by atoms with Crippen LogP contribution in [-0.2, 0) is 6.42 Å². The molecule has 1 heterocycles. The van der Waals surface area contributed by atoms with Crippen LogP contribution in [-0.4, -0.2) is 19.2 Å². The van der Waals surface area contributed by atoms with Crippen LogP contribution < -0.4 is 9.47 Å². The van der Waals surface area contributed by atoms with Crippen LogP contribution in [0.1, 0.15) is 11.1 Å². The number of aromatic amines is 1. The number of hydrogen-bond acceptors (Lipinski definition) is 2. The molecule has 0 aliphatic heterocycles. The van der Waals surface area contributed by atoms with E-state index in [4.69, 9.17) is 9.47 Å². The molecular formula is C17H17NO2. The zero-order chi connectivity index (χ0) is 13.9. The fraction of sp³-hybridized carbons (Fsp3) is 0.176. The zero-order valence-corrected chi connectivity index (χ0v) is 11.6. The lowest BCUT2D eigenvalue weighted by Gasteiger charge is -2.09. The number of nitrogens with one attached hydrogen (secondary N) is 1. The third-order valence-electron chi connectivity index (χ3n) is 3.52. The lowest BCUT2D eigenvalue weighted by atomic mass is 10.0. The predicted molar refractivity (Wildman–Crippen MR) is 80.7 cm³/mol. The van der Waals surface area contributed by atoms with Gasteiger partial charge in [-0.2, -0.15) is 0 Å². The second-order valence-corrected chi connectivity index (χ2v) is 4.73. The van der Waals surface area contributed by atoms with Crippen molar-refractivity contribution >= 4 is 10.9 Å². The van der Waals surface area contributed by atoms with E-state index in [0.29, 0.717) is 0 Å². The number of fused-ring (bicyclic) bond motifs is 1. The molecule has 0 amide bonds. The van der Waals surface area contributed by atoms with Gasteiger partial charge < -0.3 is 14.5 Å². The average Bonchev–Trinajstić information content (AvgIpc) is 2.90. The predicted octanol–water partition coefficient (Wildman–Crippen LogP) is 3.78. The van der Waals surface area contributed by atoms with E-state index in [1.165, 1.54) is 22.0 Å². The number of hydrogen-bond donors (Lipinski definition) is 1. The highest BCUT2D eigenvalue weighted by Gasteiger charge is 2.07. The Labute approximate surface area is 118 Å². The quantitative estimate of drug-likeness (QED) is 0.780. The summed E-state index contributed by atoms with van der Waals surface area (Å²) in [5.41, 5.74) is 3.66. The van der Waals surface area contributed by atoms with Gasteiger partial charge >= 0.3 is 0 Å². The van der Waals surface area contributed by atoms with Gasteiger partial charge in [-0.1, -0.05) is 24.3 Å². The summed E-state index contributed by atoms with van der Waals surface area (Å²) in [6.07, 6.45) is 2.94. The number of aromatic nitrogens is 1. The highest BCUT2D eigenvalue weighted by Crippen LogP contribution is 2.29. The summed E-state index contributed by atoms with van der Waals surface area (Å²) in [6, 6.07) is 14.4. The molecule has 0 saturated heterocycles. The van der Waals surface area contributed by atoms with Gasteiger partial charge in [-0.05, 0) is 35.7 Å². The number of H-pyrrole nitrogens is 1.